The van der Waals surface area contributed by atoms with Crippen molar-refractivity contribution in [3.05, 3.63) is 0 Å². The van der Waals surface area contributed by atoms with E-state index in [0.717, 1.165) is 12.8 Å². The largest absolute Gasteiger partial charge is 0.300 e. The standard InChI is InChI=1S/C12H18O2/c13-11-5-6-12(14)8-10-4-2-1-3-9(10)7-11/h9-10H,1-8H2/t9-,10+. The predicted molar refractivity (Wildman–Crippen MR) is 53.9 cm³/mol. The maximum atomic E-state index is 11.5. The maximum absolute atomic E-state index is 11.5. The van der Waals surface area contributed by atoms with Gasteiger partial charge in [0.15, 0.2) is 0 Å². The van der Waals surface area contributed by atoms with Crippen molar-refractivity contribution >= 4 is 11.6 Å². The molecule has 0 bridgehead atoms. The third kappa shape index (κ3) is 2.23. The molecule has 14 heavy (non-hydrogen) atoms. The number of Topliss-reactive ketones (excluding diaryl/α,β-unsaturated/α-hetero) is 2. The van der Waals surface area contributed by atoms with Gasteiger partial charge in [-0.3, -0.25) is 9.59 Å². The molecular weight excluding hydrogens is 176 g/mol. The van der Waals surface area contributed by atoms with Crippen LogP contribution in [0.4, 0.5) is 0 Å². The molecule has 2 heteroatoms. The highest BCUT2D eigenvalue weighted by atomic mass is 16.1. The minimum Gasteiger partial charge on any atom is -0.300 e. The molecule has 2 atom stereocenters. The molecule has 78 valence electrons. The van der Waals surface area contributed by atoms with Gasteiger partial charge < -0.3 is 0 Å². The second-order valence-electron chi connectivity index (χ2n) is 4.79. The average Bonchev–Trinajstić information content (AvgIpc) is 2.16. The molecule has 2 saturated carbocycles. The van der Waals surface area contributed by atoms with Gasteiger partial charge in [-0.15, -0.1) is 0 Å². The van der Waals surface area contributed by atoms with Gasteiger partial charge in [0.05, 0.1) is 0 Å². The Morgan fingerprint density at radius 3 is 1.64 bits per heavy atom. The van der Waals surface area contributed by atoms with E-state index in [1.54, 1.807) is 0 Å². The SMILES string of the molecule is O=C1CCC(=O)C[C@@H]2CCCC[C@@H]2C1. The number of hydrogen-bond donors (Lipinski definition) is 0. The Kier molecular flexibility index (Phi) is 2.99. The molecule has 0 unspecified atom stereocenters. The molecule has 0 heterocycles. The van der Waals surface area contributed by atoms with Gasteiger partial charge in [0, 0.05) is 25.7 Å². The van der Waals surface area contributed by atoms with Crippen LogP contribution in [0.5, 0.6) is 0 Å². The third-order valence-electron chi connectivity index (χ3n) is 3.73. The second kappa shape index (κ2) is 4.24. The Morgan fingerprint density at radius 2 is 1.21 bits per heavy atom. The van der Waals surface area contributed by atoms with E-state index >= 15 is 0 Å². The number of rotatable bonds is 0. The van der Waals surface area contributed by atoms with Crippen molar-refractivity contribution < 1.29 is 9.59 Å². The lowest BCUT2D eigenvalue weighted by Crippen LogP contribution is -2.27. The first-order valence-electron chi connectivity index (χ1n) is 5.79. The van der Waals surface area contributed by atoms with Crippen LogP contribution in [0.15, 0.2) is 0 Å². The smallest absolute Gasteiger partial charge is 0.133 e. The quantitative estimate of drug-likeness (QED) is 0.593. The highest BCUT2D eigenvalue weighted by Gasteiger charge is 2.30. The van der Waals surface area contributed by atoms with Crippen LogP contribution in [0.3, 0.4) is 0 Å². The third-order valence-corrected chi connectivity index (χ3v) is 3.73. The van der Waals surface area contributed by atoms with E-state index in [2.05, 4.69) is 0 Å². The van der Waals surface area contributed by atoms with Crippen molar-refractivity contribution in [1.82, 2.24) is 0 Å². The monoisotopic (exact) mass is 194 g/mol. The summed E-state index contributed by atoms with van der Waals surface area (Å²) in [6.07, 6.45) is 7.35. The predicted octanol–water partition coefficient (Wildman–Crippen LogP) is 2.51. The van der Waals surface area contributed by atoms with Crippen LogP contribution in [0.2, 0.25) is 0 Å². The fourth-order valence-electron chi connectivity index (χ4n) is 2.89. The van der Waals surface area contributed by atoms with E-state index < -0.39 is 0 Å². The second-order valence-corrected chi connectivity index (χ2v) is 4.79. The fraction of sp³-hybridized carbons (Fsp3) is 0.833. The Hall–Kier alpha value is -0.660. The highest BCUT2D eigenvalue weighted by molar-refractivity contribution is 5.87. The van der Waals surface area contributed by atoms with Gasteiger partial charge in [0.2, 0.25) is 0 Å². The summed E-state index contributed by atoms with van der Waals surface area (Å²) in [7, 11) is 0. The van der Waals surface area contributed by atoms with Gasteiger partial charge in [-0.1, -0.05) is 12.8 Å². The van der Waals surface area contributed by atoms with Crippen LogP contribution in [-0.4, -0.2) is 11.6 Å². The van der Waals surface area contributed by atoms with Crippen molar-refractivity contribution in [2.75, 3.05) is 0 Å². The van der Waals surface area contributed by atoms with E-state index in [-0.39, 0.29) is 0 Å². The summed E-state index contributed by atoms with van der Waals surface area (Å²) >= 11 is 0. The van der Waals surface area contributed by atoms with Gasteiger partial charge in [0.1, 0.15) is 11.6 Å². The van der Waals surface area contributed by atoms with Crippen LogP contribution in [-0.2, 0) is 9.59 Å². The van der Waals surface area contributed by atoms with Gasteiger partial charge in [-0.2, -0.15) is 0 Å². The molecule has 2 aliphatic rings. The first-order valence-corrected chi connectivity index (χ1v) is 5.79. The molecule has 2 rings (SSSR count). The molecule has 0 radical (unpaired) electrons. The molecule has 0 aromatic heterocycles. The Morgan fingerprint density at radius 1 is 0.786 bits per heavy atom. The van der Waals surface area contributed by atoms with Crippen molar-refractivity contribution in [2.24, 2.45) is 11.8 Å². The summed E-state index contributed by atoms with van der Waals surface area (Å²) in [6.45, 7) is 0. The number of ketones is 2. The zero-order chi connectivity index (χ0) is 9.97. The normalized spacial score (nSPS) is 34.6. The molecule has 0 saturated heterocycles. The number of carbonyl (C=O) groups is 2. The minimum atomic E-state index is 0.315. The Balaban J connectivity index is 2.06. The van der Waals surface area contributed by atoms with Gasteiger partial charge in [0.25, 0.3) is 0 Å². The summed E-state index contributed by atoms with van der Waals surface area (Å²) in [5.74, 6) is 1.69. The molecular formula is C12H18O2. The van der Waals surface area contributed by atoms with Crippen LogP contribution in [0, 0.1) is 11.8 Å². The van der Waals surface area contributed by atoms with E-state index in [1.807, 2.05) is 0 Å². The molecule has 2 fully saturated rings. The van der Waals surface area contributed by atoms with E-state index in [4.69, 9.17) is 0 Å². The van der Waals surface area contributed by atoms with Crippen molar-refractivity contribution in [2.45, 2.75) is 51.4 Å². The van der Waals surface area contributed by atoms with Crippen LogP contribution in [0.25, 0.3) is 0 Å². The lowest BCUT2D eigenvalue weighted by Gasteiger charge is -2.32. The van der Waals surface area contributed by atoms with Gasteiger partial charge in [-0.25, -0.2) is 0 Å². The summed E-state index contributed by atoms with van der Waals surface area (Å²) in [5, 5.41) is 0. The topological polar surface area (TPSA) is 34.1 Å². The lowest BCUT2D eigenvalue weighted by molar-refractivity contribution is -0.128. The number of hydrogen-bond acceptors (Lipinski definition) is 2. The maximum Gasteiger partial charge on any atom is 0.133 e. The highest BCUT2D eigenvalue weighted by Crippen LogP contribution is 2.36. The van der Waals surface area contributed by atoms with Gasteiger partial charge >= 0.3 is 0 Å². The summed E-state index contributed by atoms with van der Waals surface area (Å²) in [5.41, 5.74) is 0. The van der Waals surface area contributed by atoms with Gasteiger partial charge in [-0.05, 0) is 24.7 Å². The molecule has 0 aromatic carbocycles. The molecule has 2 aliphatic carbocycles. The fourth-order valence-corrected chi connectivity index (χ4v) is 2.89. The first-order chi connectivity index (χ1) is 6.75. The first kappa shape index (κ1) is 9.88. The zero-order valence-electron chi connectivity index (χ0n) is 8.63. The molecule has 0 aliphatic heterocycles. The van der Waals surface area contributed by atoms with Crippen molar-refractivity contribution in [1.29, 1.82) is 0 Å². The minimum absolute atomic E-state index is 0.315. The zero-order valence-corrected chi connectivity index (χ0v) is 8.63. The lowest BCUT2D eigenvalue weighted by atomic mass is 9.72. The van der Waals surface area contributed by atoms with Crippen LogP contribution < -0.4 is 0 Å². The average molecular weight is 194 g/mol. The number of fused-ring (bicyclic) bond motifs is 1. The van der Waals surface area contributed by atoms with E-state index in [9.17, 15) is 9.59 Å². The van der Waals surface area contributed by atoms with Crippen molar-refractivity contribution in [3.8, 4) is 0 Å². The van der Waals surface area contributed by atoms with E-state index in [1.165, 1.54) is 25.7 Å². The Bertz CT molecular complexity index is 219. The summed E-state index contributed by atoms with van der Waals surface area (Å²) in [4.78, 5) is 23.0. The summed E-state index contributed by atoms with van der Waals surface area (Å²) < 4.78 is 0. The number of carbonyl (C=O) groups excluding carboxylic acids is 2. The molecule has 0 N–H and O–H groups in total. The molecule has 0 spiro atoms. The van der Waals surface area contributed by atoms with Crippen LogP contribution in [0.1, 0.15) is 51.4 Å². The van der Waals surface area contributed by atoms with Crippen molar-refractivity contribution in [3.63, 3.8) is 0 Å². The molecule has 2 nitrogen and oxygen atoms in total. The summed E-state index contributed by atoms with van der Waals surface area (Å²) in [6, 6.07) is 0. The molecule has 0 aromatic rings. The molecule has 0 amide bonds. The van der Waals surface area contributed by atoms with E-state index in [0.29, 0.717) is 36.2 Å². The van der Waals surface area contributed by atoms with Crippen LogP contribution >= 0.6 is 0 Å². The Labute approximate surface area is 85.1 Å².